The van der Waals surface area contributed by atoms with Crippen LogP contribution in [0.2, 0.25) is 10.0 Å². The Kier molecular flexibility index (Phi) is 6.13. The molecule has 0 bridgehead atoms. The Morgan fingerprint density at radius 3 is 2.62 bits per heavy atom. The maximum absolute atomic E-state index is 12.4. The maximum atomic E-state index is 12.4. The smallest absolute Gasteiger partial charge is 0.283 e. The zero-order valence-electron chi connectivity index (χ0n) is 16.4. The van der Waals surface area contributed by atoms with Gasteiger partial charge in [0.05, 0.1) is 22.5 Å². The molecule has 0 atom stereocenters. The summed E-state index contributed by atoms with van der Waals surface area (Å²) in [5.41, 5.74) is 1.23. The van der Waals surface area contributed by atoms with Gasteiger partial charge in [0, 0.05) is 16.8 Å². The van der Waals surface area contributed by atoms with Gasteiger partial charge in [0.15, 0.2) is 0 Å². The first-order valence-corrected chi connectivity index (χ1v) is 12.4. The van der Waals surface area contributed by atoms with Gasteiger partial charge in [-0.15, -0.1) is 0 Å². The van der Waals surface area contributed by atoms with Crippen molar-refractivity contribution in [3.63, 3.8) is 0 Å². The van der Waals surface area contributed by atoms with Crippen LogP contribution in [-0.4, -0.2) is 41.7 Å². The summed E-state index contributed by atoms with van der Waals surface area (Å²) in [5.74, 6) is -0.584. The molecule has 0 spiro atoms. The molecule has 0 aliphatic carbocycles. The predicted molar refractivity (Wildman–Crippen MR) is 127 cm³/mol. The van der Waals surface area contributed by atoms with E-state index in [1.54, 1.807) is 24.3 Å². The van der Waals surface area contributed by atoms with Gasteiger partial charge < -0.3 is 4.74 Å². The highest BCUT2D eigenvalue weighted by atomic mass is 35.5. The monoisotopic (exact) mass is 508 g/mol. The lowest BCUT2D eigenvalue weighted by molar-refractivity contribution is -0.114. The predicted octanol–water partition coefficient (Wildman–Crippen LogP) is 4.19. The molecule has 0 unspecified atom stereocenters. The van der Waals surface area contributed by atoms with Gasteiger partial charge in [0.25, 0.3) is 5.91 Å². The average molecular weight is 509 g/mol. The first-order chi connectivity index (χ1) is 15.1. The van der Waals surface area contributed by atoms with Crippen LogP contribution in [0.15, 0.2) is 57.4 Å². The molecule has 32 heavy (non-hydrogen) atoms. The third-order valence-corrected chi connectivity index (χ3v) is 6.85. The van der Waals surface area contributed by atoms with Crippen LogP contribution >= 0.6 is 35.1 Å². The largest absolute Gasteiger partial charge is 0.487 e. The van der Waals surface area contributed by atoms with Gasteiger partial charge in [-0.2, -0.15) is 9.39 Å². The molecule has 2 aliphatic heterocycles. The lowest BCUT2D eigenvalue weighted by Crippen LogP contribution is -2.45. The fourth-order valence-corrected chi connectivity index (χ4v) is 5.18. The van der Waals surface area contributed by atoms with Crippen molar-refractivity contribution in [2.24, 2.45) is 9.39 Å². The number of rotatable bonds is 4. The van der Waals surface area contributed by atoms with Crippen molar-refractivity contribution < 1.29 is 17.9 Å². The highest BCUT2D eigenvalue weighted by Crippen LogP contribution is 2.31. The Bertz CT molecular complexity index is 1350. The molecule has 1 N–H and O–H groups in total. The molecule has 12 heteroatoms. The summed E-state index contributed by atoms with van der Waals surface area (Å²) in [6, 6.07) is 12.1. The van der Waals surface area contributed by atoms with E-state index >= 15 is 0 Å². The van der Waals surface area contributed by atoms with Crippen molar-refractivity contribution in [3.8, 4) is 5.75 Å². The Morgan fingerprint density at radius 1 is 1.19 bits per heavy atom. The molecule has 2 aromatic rings. The first kappa shape index (κ1) is 22.5. The third-order valence-electron chi connectivity index (χ3n) is 4.43. The number of benzene rings is 2. The average Bonchev–Trinajstić information content (AvgIpc) is 3.16. The van der Waals surface area contributed by atoms with Gasteiger partial charge in [-0.05, 0) is 29.8 Å². The molecule has 0 radical (unpaired) electrons. The molecule has 0 fully saturated rings. The number of hydrogen-bond acceptors (Lipinski definition) is 7. The number of carbonyl (C=O) groups is 1. The van der Waals surface area contributed by atoms with Crippen molar-refractivity contribution >= 4 is 73.1 Å². The number of sulfone groups is 1. The lowest BCUT2D eigenvalue weighted by atomic mass is 10.1. The summed E-state index contributed by atoms with van der Waals surface area (Å²) in [7, 11) is -3.72. The zero-order chi connectivity index (χ0) is 23.0. The molecule has 2 aromatic carbocycles. The van der Waals surface area contributed by atoms with Crippen molar-refractivity contribution in [2.45, 2.75) is 6.61 Å². The topological polar surface area (TPSA) is 112 Å². The first-order valence-electron chi connectivity index (χ1n) is 9.00. The van der Waals surface area contributed by atoms with Crippen molar-refractivity contribution in [1.29, 1.82) is 5.41 Å². The van der Waals surface area contributed by atoms with E-state index in [1.165, 1.54) is 6.08 Å². The standard InChI is InChI=1S/C20H14Cl2N4O4S2/c1-32(28,29)20-25-31-19-24-18(27)13(17(23)26(19)20)8-11-6-7-16(15(22)9-11)30-10-12-4-2-3-5-14(12)21/h2-9,23H,10H2,1H3/b13-8-,23-17?. The fourth-order valence-electron chi connectivity index (χ4n) is 2.90. The van der Waals surface area contributed by atoms with Crippen molar-refractivity contribution in [1.82, 2.24) is 4.90 Å². The van der Waals surface area contributed by atoms with Crippen LogP contribution in [0.3, 0.4) is 0 Å². The summed E-state index contributed by atoms with van der Waals surface area (Å²) >= 11 is 13.2. The minimum atomic E-state index is -3.72. The molecule has 8 nitrogen and oxygen atoms in total. The summed E-state index contributed by atoms with van der Waals surface area (Å²) in [6.45, 7) is 0.223. The Hall–Kier alpha value is -2.66. The second kappa shape index (κ2) is 8.70. The maximum Gasteiger partial charge on any atom is 0.283 e. The van der Waals surface area contributed by atoms with Crippen molar-refractivity contribution in [3.05, 3.63) is 69.2 Å². The molecular weight excluding hydrogens is 495 g/mol. The number of aliphatic imine (C=N–C) groups is 1. The fraction of sp³-hybridized carbons (Fsp3) is 0.100. The molecule has 1 amide bonds. The van der Waals surface area contributed by atoms with Gasteiger partial charge in [-0.1, -0.05) is 47.5 Å². The molecule has 2 heterocycles. The summed E-state index contributed by atoms with van der Waals surface area (Å²) in [5, 5.41) is 8.93. The summed E-state index contributed by atoms with van der Waals surface area (Å²) in [4.78, 5) is 17.3. The highest BCUT2D eigenvalue weighted by molar-refractivity contribution is 8.16. The SMILES string of the molecule is CS(=O)(=O)C1=NSC2=NC(=O)/C(=C\c3ccc(OCc4ccccc4Cl)c(Cl)c3)C(=N)N21. The van der Waals surface area contributed by atoms with Crippen LogP contribution in [-0.2, 0) is 21.2 Å². The van der Waals surface area contributed by atoms with Crippen LogP contribution in [0.1, 0.15) is 11.1 Å². The van der Waals surface area contributed by atoms with Gasteiger partial charge in [0.2, 0.25) is 20.2 Å². The number of fused-ring (bicyclic) bond motifs is 1. The van der Waals surface area contributed by atoms with Crippen LogP contribution in [0, 0.1) is 5.41 Å². The Labute approximate surface area is 198 Å². The van der Waals surface area contributed by atoms with E-state index < -0.39 is 15.7 Å². The minimum absolute atomic E-state index is 0.0268. The van der Waals surface area contributed by atoms with E-state index in [0.29, 0.717) is 21.4 Å². The molecule has 0 saturated heterocycles. The van der Waals surface area contributed by atoms with Crippen LogP contribution in [0.4, 0.5) is 0 Å². The highest BCUT2D eigenvalue weighted by Gasteiger charge is 2.41. The van der Waals surface area contributed by atoms with Crippen LogP contribution < -0.4 is 4.74 Å². The Balaban J connectivity index is 1.58. The number of nitrogens with zero attached hydrogens (tertiary/aromatic N) is 3. The molecule has 0 aromatic heterocycles. The van der Waals surface area contributed by atoms with Crippen molar-refractivity contribution in [2.75, 3.05) is 6.26 Å². The molecule has 4 rings (SSSR count). The minimum Gasteiger partial charge on any atom is -0.487 e. The molecule has 0 saturated carbocycles. The second-order valence-electron chi connectivity index (χ2n) is 6.75. The van der Waals surface area contributed by atoms with E-state index in [2.05, 4.69) is 9.39 Å². The number of ether oxygens (including phenoxy) is 1. The van der Waals surface area contributed by atoms with Gasteiger partial charge in [-0.25, -0.2) is 13.3 Å². The van der Waals surface area contributed by atoms with Crippen LogP contribution in [0.5, 0.6) is 5.75 Å². The van der Waals surface area contributed by atoms with E-state index in [-0.39, 0.29) is 28.4 Å². The number of amides is 1. The number of nitrogens with one attached hydrogen (secondary N) is 1. The van der Waals surface area contributed by atoms with Gasteiger partial charge in [-0.3, -0.25) is 10.2 Å². The Morgan fingerprint density at radius 2 is 1.94 bits per heavy atom. The van der Waals surface area contributed by atoms with Gasteiger partial charge in [0.1, 0.15) is 18.2 Å². The molecule has 2 aliphatic rings. The zero-order valence-corrected chi connectivity index (χ0v) is 19.5. The lowest BCUT2D eigenvalue weighted by Gasteiger charge is -2.23. The quantitative estimate of drug-likeness (QED) is 0.489. The number of halogens is 2. The summed E-state index contributed by atoms with van der Waals surface area (Å²) < 4.78 is 33.5. The van der Waals surface area contributed by atoms with E-state index in [0.717, 1.165) is 28.7 Å². The molecular formula is C20H14Cl2N4O4S2. The van der Waals surface area contributed by atoms with E-state index in [1.807, 2.05) is 18.2 Å². The normalized spacial score (nSPS) is 17.3. The number of hydrogen-bond donors (Lipinski definition) is 1. The summed E-state index contributed by atoms with van der Waals surface area (Å²) in [6.07, 6.45) is 2.39. The third kappa shape index (κ3) is 4.44. The second-order valence-corrected chi connectivity index (χ2v) is 10.2. The number of carbonyl (C=O) groups excluding carboxylic acids is 1. The van der Waals surface area contributed by atoms with Gasteiger partial charge >= 0.3 is 0 Å². The van der Waals surface area contributed by atoms with E-state index in [9.17, 15) is 13.2 Å². The van der Waals surface area contributed by atoms with Crippen LogP contribution in [0.25, 0.3) is 6.08 Å². The number of amidine groups is 3. The molecule has 164 valence electrons. The van der Waals surface area contributed by atoms with E-state index in [4.69, 9.17) is 33.3 Å².